The first kappa shape index (κ1) is 18.8. The van der Waals surface area contributed by atoms with Crippen LogP contribution in [-0.4, -0.2) is 47.8 Å². The van der Waals surface area contributed by atoms with Gasteiger partial charge < -0.3 is 14.4 Å². The van der Waals surface area contributed by atoms with Crippen molar-refractivity contribution in [1.82, 2.24) is 4.90 Å². The van der Waals surface area contributed by atoms with Gasteiger partial charge in [-0.05, 0) is 24.3 Å². The van der Waals surface area contributed by atoms with Crippen molar-refractivity contribution in [3.63, 3.8) is 0 Å². The highest BCUT2D eigenvalue weighted by Gasteiger charge is 2.40. The minimum absolute atomic E-state index is 0.0477. The van der Waals surface area contributed by atoms with E-state index in [4.69, 9.17) is 9.47 Å². The third kappa shape index (κ3) is 3.84. The standard InChI is InChI=1S/C20H20N2O5S/c23-19(21-11-9-20(10-12-21)26-13-14-27-20)8-6-15-5-7-18(28-15)16-3-1-2-4-17(16)22(24)25/h1-8H,9-14H2/b8-6+. The summed E-state index contributed by atoms with van der Waals surface area (Å²) >= 11 is 1.42. The number of likely N-dealkylation sites (tertiary alicyclic amines) is 1. The van der Waals surface area contributed by atoms with Crippen molar-refractivity contribution in [2.24, 2.45) is 0 Å². The number of para-hydroxylation sites is 1. The quantitative estimate of drug-likeness (QED) is 0.444. The van der Waals surface area contributed by atoms with Crippen LogP contribution in [0, 0.1) is 10.1 Å². The van der Waals surface area contributed by atoms with Gasteiger partial charge in [0, 0.05) is 47.8 Å². The van der Waals surface area contributed by atoms with Gasteiger partial charge in [-0.15, -0.1) is 11.3 Å². The number of nitro benzene ring substituents is 1. The van der Waals surface area contributed by atoms with Crippen LogP contribution in [0.5, 0.6) is 0 Å². The van der Waals surface area contributed by atoms with E-state index >= 15 is 0 Å². The molecule has 28 heavy (non-hydrogen) atoms. The lowest BCUT2D eigenvalue weighted by atomic mass is 10.0. The third-order valence-electron chi connectivity index (χ3n) is 5.03. The molecule has 8 heteroatoms. The number of hydrogen-bond donors (Lipinski definition) is 0. The first-order valence-corrected chi connectivity index (χ1v) is 9.97. The number of amides is 1. The van der Waals surface area contributed by atoms with Crippen molar-refractivity contribution in [2.75, 3.05) is 26.3 Å². The normalized spacial score (nSPS) is 18.8. The van der Waals surface area contributed by atoms with Crippen LogP contribution in [-0.2, 0) is 14.3 Å². The third-order valence-corrected chi connectivity index (χ3v) is 6.12. The molecule has 7 nitrogen and oxygen atoms in total. The van der Waals surface area contributed by atoms with Crippen molar-refractivity contribution in [3.8, 4) is 10.4 Å². The summed E-state index contributed by atoms with van der Waals surface area (Å²) in [6.45, 7) is 2.45. The van der Waals surface area contributed by atoms with Gasteiger partial charge in [0.1, 0.15) is 0 Å². The topological polar surface area (TPSA) is 81.9 Å². The van der Waals surface area contributed by atoms with Crippen LogP contribution in [0.2, 0.25) is 0 Å². The minimum Gasteiger partial charge on any atom is -0.347 e. The maximum Gasteiger partial charge on any atom is 0.278 e. The van der Waals surface area contributed by atoms with Gasteiger partial charge in [0.2, 0.25) is 5.91 Å². The van der Waals surface area contributed by atoms with Gasteiger partial charge in [-0.1, -0.05) is 12.1 Å². The summed E-state index contributed by atoms with van der Waals surface area (Å²) in [5.74, 6) is -0.540. The van der Waals surface area contributed by atoms with Gasteiger partial charge in [0.25, 0.3) is 5.69 Å². The fourth-order valence-electron chi connectivity index (χ4n) is 3.54. The number of ether oxygens (including phenoxy) is 2. The highest BCUT2D eigenvalue weighted by atomic mass is 32.1. The Labute approximate surface area is 166 Å². The number of piperidine rings is 1. The predicted octanol–water partition coefficient (Wildman–Crippen LogP) is 3.70. The Morgan fingerprint density at radius 1 is 1.14 bits per heavy atom. The summed E-state index contributed by atoms with van der Waals surface area (Å²) in [5.41, 5.74) is 0.663. The molecule has 4 rings (SSSR count). The average molecular weight is 400 g/mol. The molecule has 0 bridgehead atoms. The van der Waals surface area contributed by atoms with Crippen LogP contribution in [0.4, 0.5) is 5.69 Å². The summed E-state index contributed by atoms with van der Waals surface area (Å²) in [6, 6.07) is 10.4. The van der Waals surface area contributed by atoms with Crippen LogP contribution in [0.1, 0.15) is 17.7 Å². The van der Waals surface area contributed by atoms with Gasteiger partial charge in [-0.2, -0.15) is 0 Å². The molecule has 2 aliphatic heterocycles. The first-order chi connectivity index (χ1) is 13.6. The van der Waals surface area contributed by atoms with Gasteiger partial charge in [0.15, 0.2) is 5.79 Å². The van der Waals surface area contributed by atoms with E-state index in [1.54, 1.807) is 35.3 Å². The molecular formula is C20H20N2O5S. The highest BCUT2D eigenvalue weighted by molar-refractivity contribution is 7.16. The van der Waals surface area contributed by atoms with E-state index in [1.165, 1.54) is 17.4 Å². The second-order valence-corrected chi connectivity index (χ2v) is 7.86. The zero-order valence-electron chi connectivity index (χ0n) is 15.2. The van der Waals surface area contributed by atoms with E-state index in [0.29, 0.717) is 44.7 Å². The van der Waals surface area contributed by atoms with Gasteiger partial charge >= 0.3 is 0 Å². The molecule has 0 aliphatic carbocycles. The van der Waals surface area contributed by atoms with E-state index in [2.05, 4.69) is 0 Å². The van der Waals surface area contributed by atoms with Crippen LogP contribution in [0.25, 0.3) is 16.5 Å². The minimum atomic E-state index is -0.493. The summed E-state index contributed by atoms with van der Waals surface area (Å²) in [7, 11) is 0. The molecule has 2 saturated heterocycles. The summed E-state index contributed by atoms with van der Waals surface area (Å²) < 4.78 is 11.4. The second kappa shape index (κ2) is 7.83. The lowest BCUT2D eigenvalue weighted by Gasteiger charge is -2.37. The zero-order chi connectivity index (χ0) is 19.6. The van der Waals surface area contributed by atoms with E-state index < -0.39 is 5.79 Å². The molecule has 2 aromatic rings. The molecule has 1 spiro atoms. The Bertz CT molecular complexity index is 907. The summed E-state index contributed by atoms with van der Waals surface area (Å²) in [6.07, 6.45) is 4.70. The molecule has 1 aromatic heterocycles. The van der Waals surface area contributed by atoms with Gasteiger partial charge in [0.05, 0.1) is 23.7 Å². The number of carbonyl (C=O) groups excluding carboxylic acids is 1. The average Bonchev–Trinajstić information content (AvgIpc) is 3.37. The van der Waals surface area contributed by atoms with Crippen molar-refractivity contribution in [3.05, 3.63) is 57.5 Å². The van der Waals surface area contributed by atoms with Crippen molar-refractivity contribution in [1.29, 1.82) is 0 Å². The molecule has 1 aromatic carbocycles. The maximum atomic E-state index is 12.5. The number of benzene rings is 1. The number of hydrogen-bond acceptors (Lipinski definition) is 6. The van der Waals surface area contributed by atoms with E-state index in [0.717, 1.165) is 9.75 Å². The van der Waals surface area contributed by atoms with E-state index in [-0.39, 0.29) is 16.5 Å². The molecule has 146 valence electrons. The lowest BCUT2D eigenvalue weighted by molar-refractivity contribution is -0.384. The second-order valence-electron chi connectivity index (χ2n) is 6.74. The Balaban J connectivity index is 1.41. The Hall–Kier alpha value is -2.55. The number of nitro groups is 1. The molecule has 1 amide bonds. The summed E-state index contributed by atoms with van der Waals surface area (Å²) in [4.78, 5) is 26.8. The maximum absolute atomic E-state index is 12.5. The molecule has 2 aliphatic rings. The lowest BCUT2D eigenvalue weighted by Crippen LogP contribution is -2.46. The van der Waals surface area contributed by atoms with Crippen LogP contribution < -0.4 is 0 Å². The van der Waals surface area contributed by atoms with E-state index in [1.807, 2.05) is 12.1 Å². The Morgan fingerprint density at radius 2 is 1.86 bits per heavy atom. The fourth-order valence-corrected chi connectivity index (χ4v) is 4.49. The molecule has 0 atom stereocenters. The van der Waals surface area contributed by atoms with Crippen molar-refractivity contribution in [2.45, 2.75) is 18.6 Å². The number of carbonyl (C=O) groups is 1. The molecule has 0 unspecified atom stereocenters. The van der Waals surface area contributed by atoms with Crippen LogP contribution in [0.3, 0.4) is 0 Å². The van der Waals surface area contributed by atoms with Gasteiger partial charge in [-0.3, -0.25) is 14.9 Å². The molecule has 2 fully saturated rings. The molecule has 3 heterocycles. The molecule has 0 radical (unpaired) electrons. The van der Waals surface area contributed by atoms with Crippen LogP contribution in [0.15, 0.2) is 42.5 Å². The Kier molecular flexibility index (Phi) is 5.25. The molecular weight excluding hydrogens is 380 g/mol. The number of nitrogens with zero attached hydrogens (tertiary/aromatic N) is 2. The fraction of sp³-hybridized carbons (Fsp3) is 0.350. The SMILES string of the molecule is O=C(/C=C/c1ccc(-c2ccccc2[N+](=O)[O-])s1)N1CCC2(CC1)OCCO2. The molecule has 0 saturated carbocycles. The van der Waals surface area contributed by atoms with Crippen molar-refractivity contribution >= 4 is 29.0 Å². The first-order valence-electron chi connectivity index (χ1n) is 9.15. The monoisotopic (exact) mass is 400 g/mol. The number of thiophene rings is 1. The van der Waals surface area contributed by atoms with E-state index in [9.17, 15) is 14.9 Å². The molecule has 0 N–H and O–H groups in total. The van der Waals surface area contributed by atoms with Crippen molar-refractivity contribution < 1.29 is 19.2 Å². The largest absolute Gasteiger partial charge is 0.347 e. The van der Waals surface area contributed by atoms with Gasteiger partial charge in [-0.25, -0.2) is 0 Å². The Morgan fingerprint density at radius 3 is 2.57 bits per heavy atom. The van der Waals surface area contributed by atoms with Crippen LogP contribution >= 0.6 is 11.3 Å². The smallest absolute Gasteiger partial charge is 0.278 e. The zero-order valence-corrected chi connectivity index (χ0v) is 16.0. The predicted molar refractivity (Wildman–Crippen MR) is 106 cm³/mol. The number of rotatable bonds is 4. The summed E-state index contributed by atoms with van der Waals surface area (Å²) in [5, 5.41) is 11.2. The highest BCUT2D eigenvalue weighted by Crippen LogP contribution is 2.35.